The second-order valence-electron chi connectivity index (χ2n) is 4.30. The molecule has 0 aliphatic heterocycles. The monoisotopic (exact) mass is 325 g/mol. The van der Waals surface area contributed by atoms with Gasteiger partial charge in [-0.25, -0.2) is 0 Å². The maximum absolute atomic E-state index is 5.70. The summed E-state index contributed by atoms with van der Waals surface area (Å²) in [5.41, 5.74) is 6.45. The van der Waals surface area contributed by atoms with Gasteiger partial charge in [-0.2, -0.15) is 4.98 Å². The molecule has 94 valence electrons. The highest BCUT2D eigenvalue weighted by molar-refractivity contribution is 9.10. The van der Waals surface area contributed by atoms with Crippen LogP contribution in [0.3, 0.4) is 0 Å². The van der Waals surface area contributed by atoms with Gasteiger partial charge in [0.05, 0.1) is 5.75 Å². The van der Waals surface area contributed by atoms with Crippen LogP contribution in [0.2, 0.25) is 0 Å². The Bertz CT molecular complexity index is 568. The number of nitrogen functional groups attached to an aromatic ring is 1. The lowest BCUT2D eigenvalue weighted by Gasteiger charge is -2.02. The summed E-state index contributed by atoms with van der Waals surface area (Å²) in [6.07, 6.45) is 2.36. The number of rotatable bonds is 4. The molecule has 2 N–H and O–H groups in total. The summed E-state index contributed by atoms with van der Waals surface area (Å²) in [4.78, 5) is 5.52. The first-order valence-electron chi connectivity index (χ1n) is 5.72. The molecule has 0 bridgehead atoms. The molecule has 6 heteroatoms. The molecule has 0 radical (unpaired) electrons. The maximum Gasteiger partial charge on any atom is 0.229 e. The van der Waals surface area contributed by atoms with Crippen LogP contribution in [0.25, 0.3) is 0 Å². The van der Waals surface area contributed by atoms with Gasteiger partial charge in [-0.3, -0.25) is 0 Å². The summed E-state index contributed by atoms with van der Waals surface area (Å²) in [5, 5.41) is 3.99. The van der Waals surface area contributed by atoms with Crippen molar-refractivity contribution in [2.75, 3.05) is 5.73 Å². The molecule has 0 saturated heterocycles. The second-order valence-corrected chi connectivity index (χ2v) is 6.17. The quantitative estimate of drug-likeness (QED) is 0.687. The Kier molecular flexibility index (Phi) is 3.30. The fourth-order valence-electron chi connectivity index (χ4n) is 1.60. The standard InChI is InChI=1S/C12H12BrN3OS/c13-9-5-8(14)3-4-10(9)18-6-11-15-12(17-16-11)7-1-2-7/h3-5,7H,1-2,6,14H2. The number of benzene rings is 1. The van der Waals surface area contributed by atoms with E-state index in [1.54, 1.807) is 11.8 Å². The topological polar surface area (TPSA) is 64.9 Å². The third kappa shape index (κ3) is 2.70. The Labute approximate surface area is 117 Å². The summed E-state index contributed by atoms with van der Waals surface area (Å²) in [7, 11) is 0. The number of nitrogens with two attached hydrogens (primary N) is 1. The van der Waals surface area contributed by atoms with Gasteiger partial charge in [0.15, 0.2) is 5.82 Å². The Morgan fingerprint density at radius 3 is 3.00 bits per heavy atom. The maximum atomic E-state index is 5.70. The van der Waals surface area contributed by atoms with Crippen LogP contribution in [-0.2, 0) is 5.75 Å². The first-order valence-corrected chi connectivity index (χ1v) is 7.50. The molecule has 2 aromatic rings. The van der Waals surface area contributed by atoms with Crippen molar-refractivity contribution in [2.45, 2.75) is 29.4 Å². The lowest BCUT2D eigenvalue weighted by Crippen LogP contribution is -1.87. The molecule has 1 aliphatic carbocycles. The lowest BCUT2D eigenvalue weighted by atomic mass is 10.3. The molecule has 1 aromatic heterocycles. The summed E-state index contributed by atoms with van der Waals surface area (Å²) in [6.45, 7) is 0. The van der Waals surface area contributed by atoms with Crippen LogP contribution in [0.1, 0.15) is 30.5 Å². The predicted octanol–water partition coefficient (Wildman–Crippen LogP) is 3.58. The van der Waals surface area contributed by atoms with Gasteiger partial charge in [-0.05, 0) is 47.0 Å². The molecule has 4 nitrogen and oxygen atoms in total. The number of hydrogen-bond donors (Lipinski definition) is 1. The minimum atomic E-state index is 0.513. The molecular formula is C12H12BrN3OS. The first-order chi connectivity index (χ1) is 8.72. The largest absolute Gasteiger partial charge is 0.399 e. The summed E-state index contributed by atoms with van der Waals surface area (Å²) >= 11 is 5.16. The number of aromatic nitrogens is 2. The SMILES string of the molecule is Nc1ccc(SCc2noc(C3CC3)n2)c(Br)c1. The molecule has 0 spiro atoms. The van der Waals surface area contributed by atoms with Crippen molar-refractivity contribution in [2.24, 2.45) is 0 Å². The van der Waals surface area contributed by atoms with Gasteiger partial charge in [0.25, 0.3) is 0 Å². The second kappa shape index (κ2) is 4.93. The minimum absolute atomic E-state index is 0.513. The lowest BCUT2D eigenvalue weighted by molar-refractivity contribution is 0.375. The van der Waals surface area contributed by atoms with Crippen LogP contribution in [0, 0.1) is 0 Å². The van der Waals surface area contributed by atoms with Crippen LogP contribution in [-0.4, -0.2) is 10.1 Å². The Morgan fingerprint density at radius 1 is 1.44 bits per heavy atom. The molecule has 1 saturated carbocycles. The Hall–Kier alpha value is -1.01. The Balaban J connectivity index is 1.65. The molecule has 1 aromatic carbocycles. The highest BCUT2D eigenvalue weighted by Gasteiger charge is 2.29. The molecule has 0 atom stereocenters. The zero-order chi connectivity index (χ0) is 12.5. The van der Waals surface area contributed by atoms with Crippen molar-refractivity contribution < 1.29 is 4.52 Å². The third-order valence-corrected chi connectivity index (χ3v) is 4.71. The zero-order valence-corrected chi connectivity index (χ0v) is 12.0. The van der Waals surface area contributed by atoms with E-state index >= 15 is 0 Å². The van der Waals surface area contributed by atoms with Gasteiger partial charge in [0.2, 0.25) is 5.89 Å². The average molecular weight is 326 g/mol. The number of nitrogens with zero attached hydrogens (tertiary/aromatic N) is 2. The van der Waals surface area contributed by atoms with Crippen molar-refractivity contribution in [3.63, 3.8) is 0 Å². The van der Waals surface area contributed by atoms with E-state index in [4.69, 9.17) is 10.3 Å². The number of hydrogen-bond acceptors (Lipinski definition) is 5. The van der Waals surface area contributed by atoms with E-state index in [0.29, 0.717) is 11.7 Å². The third-order valence-electron chi connectivity index (χ3n) is 2.72. The van der Waals surface area contributed by atoms with E-state index in [2.05, 4.69) is 26.1 Å². The predicted molar refractivity (Wildman–Crippen MR) is 74.4 cm³/mol. The van der Waals surface area contributed by atoms with E-state index in [1.165, 1.54) is 12.8 Å². The van der Waals surface area contributed by atoms with Crippen molar-refractivity contribution in [1.82, 2.24) is 10.1 Å². The molecule has 1 heterocycles. The van der Waals surface area contributed by atoms with E-state index in [-0.39, 0.29) is 0 Å². The number of thioether (sulfide) groups is 1. The first kappa shape index (κ1) is 12.0. The van der Waals surface area contributed by atoms with E-state index in [1.807, 2.05) is 18.2 Å². The van der Waals surface area contributed by atoms with Gasteiger partial charge >= 0.3 is 0 Å². The average Bonchev–Trinajstić information content (AvgIpc) is 3.08. The van der Waals surface area contributed by atoms with Crippen LogP contribution in [0.15, 0.2) is 32.1 Å². The van der Waals surface area contributed by atoms with Crippen LogP contribution < -0.4 is 5.73 Å². The van der Waals surface area contributed by atoms with Crippen molar-refractivity contribution in [3.8, 4) is 0 Å². The van der Waals surface area contributed by atoms with Gasteiger partial charge in [-0.1, -0.05) is 5.16 Å². The van der Waals surface area contributed by atoms with Crippen molar-refractivity contribution in [1.29, 1.82) is 0 Å². The number of halogens is 1. The van der Waals surface area contributed by atoms with Crippen LogP contribution in [0.4, 0.5) is 5.69 Å². The van der Waals surface area contributed by atoms with Crippen LogP contribution >= 0.6 is 27.7 Å². The van der Waals surface area contributed by atoms with Gasteiger partial charge in [-0.15, -0.1) is 11.8 Å². The highest BCUT2D eigenvalue weighted by atomic mass is 79.9. The summed E-state index contributed by atoms with van der Waals surface area (Å²) < 4.78 is 6.22. The molecule has 1 aliphatic rings. The smallest absolute Gasteiger partial charge is 0.229 e. The molecule has 1 fully saturated rings. The highest BCUT2D eigenvalue weighted by Crippen LogP contribution is 2.39. The number of anilines is 1. The van der Waals surface area contributed by atoms with Crippen molar-refractivity contribution in [3.05, 3.63) is 34.4 Å². The van der Waals surface area contributed by atoms with Crippen molar-refractivity contribution >= 4 is 33.4 Å². The zero-order valence-electron chi connectivity index (χ0n) is 9.60. The summed E-state index contributed by atoms with van der Waals surface area (Å²) in [5.74, 6) is 2.77. The molecule has 0 unspecified atom stereocenters. The van der Waals surface area contributed by atoms with Crippen LogP contribution in [0.5, 0.6) is 0 Å². The van der Waals surface area contributed by atoms with Gasteiger partial charge < -0.3 is 10.3 Å². The molecule has 18 heavy (non-hydrogen) atoms. The van der Waals surface area contributed by atoms with E-state index in [9.17, 15) is 0 Å². The van der Waals surface area contributed by atoms with Gasteiger partial charge in [0.1, 0.15) is 0 Å². The normalized spacial score (nSPS) is 14.9. The van der Waals surface area contributed by atoms with E-state index in [0.717, 1.165) is 26.8 Å². The van der Waals surface area contributed by atoms with E-state index < -0.39 is 0 Å². The van der Waals surface area contributed by atoms with Gasteiger partial charge in [0, 0.05) is 21.0 Å². The summed E-state index contributed by atoms with van der Waals surface area (Å²) in [6, 6.07) is 5.78. The molecule has 3 rings (SSSR count). The molecular weight excluding hydrogens is 314 g/mol. The Morgan fingerprint density at radius 2 is 2.28 bits per heavy atom. The fraction of sp³-hybridized carbons (Fsp3) is 0.333. The fourth-order valence-corrected chi connectivity index (χ4v) is 3.10. The molecule has 0 amide bonds. The minimum Gasteiger partial charge on any atom is -0.399 e.